The first-order valence-corrected chi connectivity index (χ1v) is 18.1. The fourth-order valence-electron chi connectivity index (χ4n) is 9.67. The van der Waals surface area contributed by atoms with Crippen molar-refractivity contribution in [1.29, 1.82) is 0 Å². The molecule has 14 heteroatoms. The van der Waals surface area contributed by atoms with Crippen LogP contribution in [0.3, 0.4) is 0 Å². The van der Waals surface area contributed by atoms with Gasteiger partial charge in [-0.05, 0) is 49.6 Å². The van der Waals surface area contributed by atoms with Gasteiger partial charge in [0, 0.05) is 43.6 Å². The number of rotatable bonds is 9. The minimum Gasteiger partial charge on any atom is -0.456 e. The summed E-state index contributed by atoms with van der Waals surface area (Å²) >= 11 is 0. The van der Waals surface area contributed by atoms with Crippen LogP contribution in [-0.4, -0.2) is 110 Å². The molecule has 3 aliphatic carbocycles. The van der Waals surface area contributed by atoms with Crippen molar-refractivity contribution >= 4 is 23.8 Å². The minimum absolute atomic E-state index is 0.0621. The number of amides is 1. The number of hydrogen-bond donors (Lipinski definition) is 6. The Morgan fingerprint density at radius 2 is 1.54 bits per heavy atom. The molecule has 1 aliphatic heterocycles. The largest absolute Gasteiger partial charge is 0.456 e. The Labute approximate surface area is 313 Å². The quantitative estimate of drug-likeness (QED) is 0.122. The number of aliphatic hydroxyl groups is 5. The van der Waals surface area contributed by atoms with E-state index in [1.54, 1.807) is 67.6 Å². The molecule has 0 aromatic heterocycles. The Morgan fingerprint density at radius 3 is 2.07 bits per heavy atom. The number of ether oxygens (including phenoxy) is 4. The molecule has 2 saturated carbocycles. The van der Waals surface area contributed by atoms with Crippen molar-refractivity contribution in [3.8, 4) is 0 Å². The van der Waals surface area contributed by atoms with Gasteiger partial charge in [-0.3, -0.25) is 14.4 Å². The van der Waals surface area contributed by atoms with E-state index >= 15 is 0 Å². The molecule has 0 spiro atoms. The molecule has 3 fully saturated rings. The molecule has 1 amide bonds. The maximum absolute atomic E-state index is 14.0. The normalized spacial score (nSPS) is 35.5. The summed E-state index contributed by atoms with van der Waals surface area (Å²) in [6.45, 7) is 8.02. The third-order valence-corrected chi connectivity index (χ3v) is 12.3. The van der Waals surface area contributed by atoms with E-state index in [0.717, 1.165) is 6.92 Å². The van der Waals surface area contributed by atoms with Gasteiger partial charge in [-0.2, -0.15) is 0 Å². The Kier molecular flexibility index (Phi) is 10.4. The molecule has 6 N–H and O–H groups in total. The number of aliphatic hydroxyl groups excluding tert-OH is 4. The first-order valence-electron chi connectivity index (χ1n) is 18.1. The van der Waals surface area contributed by atoms with Gasteiger partial charge in [-0.15, -0.1) is 0 Å². The lowest BCUT2D eigenvalue weighted by Gasteiger charge is -2.65. The number of nitrogens with one attached hydrogen (secondary N) is 1. The van der Waals surface area contributed by atoms with Crippen molar-refractivity contribution in [3.63, 3.8) is 0 Å². The summed E-state index contributed by atoms with van der Waals surface area (Å²) < 4.78 is 23.5. The maximum atomic E-state index is 14.0. The molecule has 1 saturated heterocycles. The lowest BCUT2D eigenvalue weighted by Crippen LogP contribution is -2.78. The van der Waals surface area contributed by atoms with Crippen molar-refractivity contribution in [2.75, 3.05) is 6.61 Å². The van der Waals surface area contributed by atoms with E-state index in [1.165, 1.54) is 27.7 Å². The number of carbonyl (C=O) groups is 4. The van der Waals surface area contributed by atoms with Crippen LogP contribution in [0.25, 0.3) is 0 Å². The summed E-state index contributed by atoms with van der Waals surface area (Å²) in [7, 11) is 0. The summed E-state index contributed by atoms with van der Waals surface area (Å²) in [6, 6.07) is 15.3. The molecular formula is C40H49NO13. The molecule has 54 heavy (non-hydrogen) atoms. The smallest absolute Gasteiger partial charge is 0.338 e. The number of esters is 3. The molecule has 0 bridgehead atoms. The predicted octanol–water partition coefficient (Wildman–Crippen LogP) is 1.66. The standard InChI is InChI=1S/C40H49NO13/c1-20-25(53-36(49)30(45)29(23-13-9-7-10-14-23)41-35(48)24-15-11-8-12-16-24)18-39(37(4,5)50)28(20)31(52-21(2)42)33(46)38(6)26(44)17-27-40(19-51-27,54-22(3)43)32(38)34(39)47/h7-16,25-27,29-34,44-47,50H,17-19H2,1-6H3,(H,41,48)/t25-,26-,27+,29-,30+,31-,32-,33-,34-,38+,39-,40-/m0/s1. The molecule has 0 unspecified atom stereocenters. The lowest BCUT2D eigenvalue weighted by molar-refractivity contribution is -0.351. The van der Waals surface area contributed by atoms with E-state index in [-0.39, 0.29) is 36.2 Å². The number of hydrogen-bond acceptors (Lipinski definition) is 13. The number of fused-ring (bicyclic) bond motifs is 4. The first-order chi connectivity index (χ1) is 25.3. The third kappa shape index (κ3) is 6.13. The zero-order valence-corrected chi connectivity index (χ0v) is 31.1. The highest BCUT2D eigenvalue weighted by Gasteiger charge is 2.78. The van der Waals surface area contributed by atoms with Crippen molar-refractivity contribution in [1.82, 2.24) is 5.32 Å². The summed E-state index contributed by atoms with van der Waals surface area (Å²) in [5.41, 5.74) is -6.08. The van der Waals surface area contributed by atoms with E-state index in [0.29, 0.717) is 5.56 Å². The van der Waals surface area contributed by atoms with Crippen LogP contribution in [0, 0.1) is 16.7 Å². The van der Waals surface area contributed by atoms with E-state index in [4.69, 9.17) is 18.9 Å². The highest BCUT2D eigenvalue weighted by Crippen LogP contribution is 2.67. The average molecular weight is 752 g/mol. The topological polar surface area (TPSA) is 218 Å². The SMILES string of the molecule is CC(=O)O[C@H]1C2=C(C)[C@@H](OC(=O)[C@H](O)[C@@H](NC(=O)c3ccccc3)c3ccccc3)C[C@@]2(C(C)(C)O)[C@@H](O)[C@@H]2[C@]3(OC(C)=O)CO[C@@H]3C[C@H](O)[C@@]2(C)[C@H]1O. The van der Waals surface area contributed by atoms with Crippen LogP contribution in [0.2, 0.25) is 0 Å². The Bertz CT molecular complexity index is 1810. The Morgan fingerprint density at radius 1 is 0.926 bits per heavy atom. The third-order valence-electron chi connectivity index (χ3n) is 12.3. The van der Waals surface area contributed by atoms with Gasteiger partial charge in [-0.25, -0.2) is 4.79 Å². The van der Waals surface area contributed by atoms with Gasteiger partial charge in [0.05, 0.1) is 35.9 Å². The Hall–Kier alpha value is -4.18. The molecule has 12 atom stereocenters. The molecule has 0 radical (unpaired) electrons. The van der Waals surface area contributed by atoms with E-state index in [9.17, 15) is 44.7 Å². The van der Waals surface area contributed by atoms with Crippen LogP contribution < -0.4 is 5.32 Å². The van der Waals surface area contributed by atoms with Crippen LogP contribution in [-0.2, 0) is 33.3 Å². The molecule has 1 heterocycles. The monoisotopic (exact) mass is 751 g/mol. The average Bonchev–Trinajstić information content (AvgIpc) is 3.39. The van der Waals surface area contributed by atoms with Crippen molar-refractivity contribution in [2.24, 2.45) is 16.7 Å². The van der Waals surface area contributed by atoms with E-state index in [1.807, 2.05) is 0 Å². The second kappa shape index (κ2) is 14.2. The molecular weight excluding hydrogens is 702 g/mol. The van der Waals surface area contributed by atoms with Gasteiger partial charge >= 0.3 is 17.9 Å². The van der Waals surface area contributed by atoms with Crippen LogP contribution in [0.15, 0.2) is 71.8 Å². The fourth-order valence-corrected chi connectivity index (χ4v) is 9.67. The van der Waals surface area contributed by atoms with Gasteiger partial charge in [0.25, 0.3) is 5.91 Å². The van der Waals surface area contributed by atoms with Crippen molar-refractivity contribution in [3.05, 3.63) is 82.9 Å². The van der Waals surface area contributed by atoms with Crippen LogP contribution in [0.1, 0.15) is 76.3 Å². The van der Waals surface area contributed by atoms with Crippen LogP contribution >= 0.6 is 0 Å². The molecule has 2 aromatic carbocycles. The lowest BCUT2D eigenvalue weighted by atomic mass is 9.50. The van der Waals surface area contributed by atoms with Crippen molar-refractivity contribution in [2.45, 2.75) is 114 Å². The maximum Gasteiger partial charge on any atom is 0.338 e. The summed E-state index contributed by atoms with van der Waals surface area (Å²) in [5, 5.41) is 63.4. The highest BCUT2D eigenvalue weighted by molar-refractivity contribution is 5.95. The van der Waals surface area contributed by atoms with Crippen LogP contribution in [0.5, 0.6) is 0 Å². The van der Waals surface area contributed by atoms with Gasteiger partial charge < -0.3 is 49.8 Å². The zero-order chi connectivity index (χ0) is 39.5. The fraction of sp³-hybridized carbons (Fsp3) is 0.550. The van der Waals surface area contributed by atoms with Gasteiger partial charge in [-0.1, -0.05) is 55.5 Å². The second-order valence-electron chi connectivity index (χ2n) is 15.8. The number of carbonyl (C=O) groups excluding carboxylic acids is 4. The van der Waals surface area contributed by atoms with E-state index in [2.05, 4.69) is 5.32 Å². The first kappa shape index (κ1) is 39.5. The summed E-state index contributed by atoms with van der Waals surface area (Å²) in [6.07, 6.45) is -10.9. The minimum atomic E-state index is -1.95. The van der Waals surface area contributed by atoms with Gasteiger partial charge in [0.1, 0.15) is 18.3 Å². The van der Waals surface area contributed by atoms with Crippen LogP contribution in [0.4, 0.5) is 0 Å². The molecule has 2 aromatic rings. The molecule has 14 nitrogen and oxygen atoms in total. The number of benzene rings is 2. The Balaban J connectivity index is 1.44. The predicted molar refractivity (Wildman–Crippen MR) is 189 cm³/mol. The summed E-state index contributed by atoms with van der Waals surface area (Å²) in [5.74, 6) is -4.53. The zero-order valence-electron chi connectivity index (χ0n) is 31.1. The van der Waals surface area contributed by atoms with Crippen molar-refractivity contribution < 1.29 is 63.7 Å². The summed E-state index contributed by atoms with van der Waals surface area (Å²) in [4.78, 5) is 52.6. The van der Waals surface area contributed by atoms with Gasteiger partial charge in [0.15, 0.2) is 17.8 Å². The molecule has 292 valence electrons. The van der Waals surface area contributed by atoms with E-state index < -0.39 is 101 Å². The second-order valence-corrected chi connectivity index (χ2v) is 15.8. The van der Waals surface area contributed by atoms with Gasteiger partial charge in [0.2, 0.25) is 0 Å². The molecule has 4 aliphatic rings. The molecule has 6 rings (SSSR count). The highest BCUT2D eigenvalue weighted by atomic mass is 16.6.